The zero-order valence-electron chi connectivity index (χ0n) is 12.4. The first-order valence-corrected chi connectivity index (χ1v) is 6.73. The van der Waals surface area contributed by atoms with Crippen molar-refractivity contribution >= 4 is 5.91 Å². The third kappa shape index (κ3) is 4.39. The number of aliphatic hydroxyl groups is 1. The Morgan fingerprint density at radius 3 is 2.76 bits per heavy atom. The number of nitrogens with one attached hydrogen (secondary N) is 1. The van der Waals surface area contributed by atoms with Crippen LogP contribution in [0.15, 0.2) is 28.8 Å². The molecule has 0 aliphatic heterocycles. The summed E-state index contributed by atoms with van der Waals surface area (Å²) in [6.07, 6.45) is -0.00500. The van der Waals surface area contributed by atoms with Gasteiger partial charge in [-0.05, 0) is 26.3 Å². The number of hydrogen-bond donors (Lipinski definition) is 2. The van der Waals surface area contributed by atoms with Gasteiger partial charge in [-0.2, -0.15) is 4.98 Å². The van der Waals surface area contributed by atoms with Crippen LogP contribution in [0.5, 0.6) is 0 Å². The van der Waals surface area contributed by atoms with E-state index in [9.17, 15) is 9.90 Å². The van der Waals surface area contributed by atoms with Gasteiger partial charge in [-0.15, -0.1) is 0 Å². The van der Waals surface area contributed by atoms with Gasteiger partial charge in [-0.25, -0.2) is 0 Å². The molecule has 0 atom stereocenters. The lowest BCUT2D eigenvalue weighted by Gasteiger charge is -2.17. The van der Waals surface area contributed by atoms with Crippen molar-refractivity contribution in [3.8, 4) is 11.4 Å². The van der Waals surface area contributed by atoms with Crippen LogP contribution in [0.1, 0.15) is 25.3 Å². The average molecular weight is 289 g/mol. The second kappa shape index (κ2) is 6.05. The Kier molecular flexibility index (Phi) is 4.37. The van der Waals surface area contributed by atoms with E-state index in [1.807, 2.05) is 31.2 Å². The Morgan fingerprint density at radius 1 is 1.38 bits per heavy atom. The predicted octanol–water partition coefficient (Wildman–Crippen LogP) is 1.47. The van der Waals surface area contributed by atoms with Crippen molar-refractivity contribution in [3.05, 3.63) is 35.7 Å². The van der Waals surface area contributed by atoms with E-state index >= 15 is 0 Å². The summed E-state index contributed by atoms with van der Waals surface area (Å²) in [5.41, 5.74) is 0.970. The minimum absolute atomic E-state index is 0.00500. The number of amides is 1. The van der Waals surface area contributed by atoms with E-state index in [4.69, 9.17) is 4.52 Å². The molecule has 0 bridgehead atoms. The van der Waals surface area contributed by atoms with Crippen LogP contribution in [-0.2, 0) is 11.2 Å². The van der Waals surface area contributed by atoms with E-state index in [0.29, 0.717) is 5.82 Å². The molecule has 0 fully saturated rings. The van der Waals surface area contributed by atoms with Gasteiger partial charge < -0.3 is 14.9 Å². The molecule has 2 aromatic rings. The average Bonchev–Trinajstić information content (AvgIpc) is 2.84. The molecule has 6 nitrogen and oxygen atoms in total. The minimum Gasteiger partial charge on any atom is -0.389 e. The highest BCUT2D eigenvalue weighted by Crippen LogP contribution is 2.19. The van der Waals surface area contributed by atoms with E-state index < -0.39 is 5.60 Å². The van der Waals surface area contributed by atoms with Crippen molar-refractivity contribution in [1.29, 1.82) is 0 Å². The third-order valence-electron chi connectivity index (χ3n) is 2.88. The zero-order valence-corrected chi connectivity index (χ0v) is 12.4. The molecule has 6 heteroatoms. The molecule has 1 aromatic heterocycles. The van der Waals surface area contributed by atoms with Crippen LogP contribution in [-0.4, -0.2) is 33.3 Å². The smallest absolute Gasteiger partial charge is 0.236 e. The molecule has 0 saturated carbocycles. The number of aryl methyl sites for hydroxylation is 1. The summed E-state index contributed by atoms with van der Waals surface area (Å²) in [4.78, 5) is 15.9. The molecule has 1 aromatic carbocycles. The molecule has 112 valence electrons. The first-order valence-electron chi connectivity index (χ1n) is 6.73. The lowest BCUT2D eigenvalue weighted by Crippen LogP contribution is -2.38. The highest BCUT2D eigenvalue weighted by molar-refractivity contribution is 5.77. The Hall–Kier alpha value is -2.21. The second-order valence-corrected chi connectivity index (χ2v) is 5.59. The number of hydrogen-bond acceptors (Lipinski definition) is 5. The molecule has 1 heterocycles. The number of rotatable bonds is 5. The summed E-state index contributed by atoms with van der Waals surface area (Å²) < 4.78 is 5.09. The van der Waals surface area contributed by atoms with Crippen molar-refractivity contribution < 1.29 is 14.4 Å². The minimum atomic E-state index is -0.948. The van der Waals surface area contributed by atoms with Gasteiger partial charge >= 0.3 is 0 Å². The normalized spacial score (nSPS) is 11.4. The van der Waals surface area contributed by atoms with Crippen LogP contribution in [0, 0.1) is 6.92 Å². The predicted molar refractivity (Wildman–Crippen MR) is 77.5 cm³/mol. The van der Waals surface area contributed by atoms with Gasteiger partial charge in [0.2, 0.25) is 17.6 Å². The van der Waals surface area contributed by atoms with Gasteiger partial charge in [0.25, 0.3) is 0 Å². The molecular weight excluding hydrogens is 270 g/mol. The first-order chi connectivity index (χ1) is 9.85. The highest BCUT2D eigenvalue weighted by atomic mass is 16.5. The van der Waals surface area contributed by atoms with Crippen molar-refractivity contribution in [1.82, 2.24) is 15.5 Å². The van der Waals surface area contributed by atoms with Crippen molar-refractivity contribution in [2.45, 2.75) is 32.8 Å². The van der Waals surface area contributed by atoms with Crippen LogP contribution in [0.3, 0.4) is 0 Å². The van der Waals surface area contributed by atoms with Crippen molar-refractivity contribution in [2.24, 2.45) is 0 Å². The number of nitrogens with zero attached hydrogens (tertiary/aromatic N) is 2. The lowest BCUT2D eigenvalue weighted by atomic mass is 10.1. The largest absolute Gasteiger partial charge is 0.389 e. The first kappa shape index (κ1) is 15.2. The molecule has 0 radical (unpaired) electrons. The Labute approximate surface area is 123 Å². The van der Waals surface area contributed by atoms with Gasteiger partial charge in [-0.1, -0.05) is 29.4 Å². The fourth-order valence-corrected chi connectivity index (χ4v) is 1.77. The van der Waals surface area contributed by atoms with Gasteiger partial charge in [0, 0.05) is 12.1 Å². The molecule has 0 saturated heterocycles. The van der Waals surface area contributed by atoms with Gasteiger partial charge in [0.15, 0.2) is 0 Å². The summed E-state index contributed by atoms with van der Waals surface area (Å²) in [6, 6.07) is 7.69. The Bertz CT molecular complexity index is 629. The third-order valence-corrected chi connectivity index (χ3v) is 2.88. The quantitative estimate of drug-likeness (QED) is 0.870. The molecular formula is C15H19N3O3. The van der Waals surface area contributed by atoms with E-state index in [0.717, 1.165) is 11.1 Å². The molecule has 0 unspecified atom stereocenters. The van der Waals surface area contributed by atoms with E-state index in [1.54, 1.807) is 13.8 Å². The summed E-state index contributed by atoms with van der Waals surface area (Å²) >= 11 is 0. The van der Waals surface area contributed by atoms with E-state index in [-0.39, 0.29) is 24.8 Å². The SMILES string of the molecule is Cc1ccccc1-c1noc(CC(=O)NCC(C)(C)O)n1. The molecule has 2 N–H and O–H groups in total. The summed E-state index contributed by atoms with van der Waals surface area (Å²) in [7, 11) is 0. The maximum Gasteiger partial charge on any atom is 0.236 e. The second-order valence-electron chi connectivity index (χ2n) is 5.59. The Morgan fingerprint density at radius 2 is 2.10 bits per heavy atom. The molecule has 0 spiro atoms. The molecule has 21 heavy (non-hydrogen) atoms. The molecule has 0 aliphatic rings. The fourth-order valence-electron chi connectivity index (χ4n) is 1.77. The van der Waals surface area contributed by atoms with Crippen LogP contribution < -0.4 is 5.32 Å². The van der Waals surface area contributed by atoms with Gasteiger partial charge in [0.1, 0.15) is 6.42 Å². The molecule has 0 aliphatic carbocycles. The van der Waals surface area contributed by atoms with Crippen LogP contribution in [0.4, 0.5) is 0 Å². The van der Waals surface area contributed by atoms with Crippen molar-refractivity contribution in [2.75, 3.05) is 6.54 Å². The maximum absolute atomic E-state index is 11.7. The zero-order chi connectivity index (χ0) is 15.5. The fraction of sp³-hybridized carbons (Fsp3) is 0.400. The van der Waals surface area contributed by atoms with Crippen LogP contribution >= 0.6 is 0 Å². The number of aromatic nitrogens is 2. The lowest BCUT2D eigenvalue weighted by molar-refractivity contribution is -0.121. The monoisotopic (exact) mass is 289 g/mol. The Balaban J connectivity index is 2.01. The van der Waals surface area contributed by atoms with Crippen molar-refractivity contribution in [3.63, 3.8) is 0 Å². The summed E-state index contributed by atoms with van der Waals surface area (Å²) in [5.74, 6) is 0.456. The standard InChI is InChI=1S/C15H19N3O3/c1-10-6-4-5-7-11(10)14-17-13(21-18-14)8-12(19)16-9-15(2,3)20/h4-7,20H,8-9H2,1-3H3,(H,16,19). The topological polar surface area (TPSA) is 88.2 Å². The summed E-state index contributed by atoms with van der Waals surface area (Å²) in [5, 5.41) is 16.1. The molecule has 2 rings (SSSR count). The van der Waals surface area contributed by atoms with E-state index in [2.05, 4.69) is 15.5 Å². The van der Waals surface area contributed by atoms with Gasteiger partial charge in [-0.3, -0.25) is 4.79 Å². The highest BCUT2D eigenvalue weighted by Gasteiger charge is 2.17. The number of carbonyl (C=O) groups excluding carboxylic acids is 1. The van der Waals surface area contributed by atoms with Crippen LogP contribution in [0.2, 0.25) is 0 Å². The maximum atomic E-state index is 11.7. The number of carbonyl (C=O) groups is 1. The van der Waals surface area contributed by atoms with Crippen LogP contribution in [0.25, 0.3) is 11.4 Å². The summed E-state index contributed by atoms with van der Waals surface area (Å²) in [6.45, 7) is 5.37. The van der Waals surface area contributed by atoms with E-state index in [1.165, 1.54) is 0 Å². The number of benzene rings is 1. The van der Waals surface area contributed by atoms with Gasteiger partial charge in [0.05, 0.1) is 5.60 Å². The molecule has 1 amide bonds.